The molecule has 12 heavy (non-hydrogen) atoms. The summed E-state index contributed by atoms with van der Waals surface area (Å²) in [5.41, 5.74) is 0. The summed E-state index contributed by atoms with van der Waals surface area (Å²) in [6.45, 7) is 7.11. The van der Waals surface area contributed by atoms with E-state index in [4.69, 9.17) is 0 Å². The number of nitrogens with one attached hydrogen (secondary N) is 1. The van der Waals surface area contributed by atoms with Crippen molar-refractivity contribution < 1.29 is 0 Å². The molecule has 4 atom stereocenters. The van der Waals surface area contributed by atoms with E-state index >= 15 is 0 Å². The van der Waals surface area contributed by atoms with Crippen molar-refractivity contribution in [3.8, 4) is 0 Å². The summed E-state index contributed by atoms with van der Waals surface area (Å²) < 4.78 is 0. The van der Waals surface area contributed by atoms with Crippen LogP contribution in [0.25, 0.3) is 0 Å². The highest BCUT2D eigenvalue weighted by Gasteiger charge is 2.36. The van der Waals surface area contributed by atoms with Gasteiger partial charge in [0, 0.05) is 6.04 Å². The summed E-state index contributed by atoms with van der Waals surface area (Å²) in [6, 6.07) is 0.787. The molecule has 4 unspecified atom stereocenters. The van der Waals surface area contributed by atoms with Crippen LogP contribution in [-0.2, 0) is 0 Å². The maximum Gasteiger partial charge on any atom is 0.00976 e. The first-order chi connectivity index (χ1) is 5.70. The van der Waals surface area contributed by atoms with Gasteiger partial charge in [-0.05, 0) is 37.6 Å². The Bertz CT molecular complexity index is 133. The van der Waals surface area contributed by atoms with Gasteiger partial charge in [-0.15, -0.1) is 0 Å². The second-order valence-electron chi connectivity index (χ2n) is 4.42. The summed E-state index contributed by atoms with van der Waals surface area (Å²) in [6.07, 6.45) is 4.11. The third-order valence-electron chi connectivity index (χ3n) is 3.71. The van der Waals surface area contributed by atoms with Gasteiger partial charge in [0.25, 0.3) is 0 Å². The minimum atomic E-state index is 0.787. The van der Waals surface area contributed by atoms with Crippen LogP contribution in [0.2, 0.25) is 0 Å². The molecule has 0 bridgehead atoms. The van der Waals surface area contributed by atoms with E-state index in [9.17, 15) is 0 Å². The van der Waals surface area contributed by atoms with Crippen LogP contribution in [0.1, 0.15) is 40.0 Å². The molecule has 1 fully saturated rings. The van der Waals surface area contributed by atoms with E-state index in [2.05, 4.69) is 33.1 Å². The van der Waals surface area contributed by atoms with E-state index in [-0.39, 0.29) is 0 Å². The van der Waals surface area contributed by atoms with Crippen LogP contribution in [0.4, 0.5) is 0 Å². The Balaban J connectivity index is 2.53. The molecule has 0 saturated heterocycles. The Morgan fingerprint density at radius 3 is 2.50 bits per heavy atom. The summed E-state index contributed by atoms with van der Waals surface area (Å²) in [5, 5.41) is 3.46. The molecule has 0 aromatic carbocycles. The van der Waals surface area contributed by atoms with Crippen LogP contribution >= 0.6 is 0 Å². The van der Waals surface area contributed by atoms with Gasteiger partial charge >= 0.3 is 0 Å². The molecule has 0 aromatic heterocycles. The largest absolute Gasteiger partial charge is 0.317 e. The zero-order valence-electron chi connectivity index (χ0n) is 8.93. The standard InChI is InChI=1S/C11H23N/c1-5-6-10-9(3)8(2)7-11(10)12-4/h8-12H,5-7H2,1-4H3. The van der Waals surface area contributed by atoms with Gasteiger partial charge in [0.15, 0.2) is 0 Å². The lowest BCUT2D eigenvalue weighted by Gasteiger charge is -2.22. The van der Waals surface area contributed by atoms with E-state index in [1.807, 2.05) is 0 Å². The minimum absolute atomic E-state index is 0.787. The molecule has 0 amide bonds. The van der Waals surface area contributed by atoms with Crippen LogP contribution in [0.3, 0.4) is 0 Å². The van der Waals surface area contributed by atoms with Gasteiger partial charge < -0.3 is 5.32 Å². The maximum absolute atomic E-state index is 3.46. The van der Waals surface area contributed by atoms with E-state index in [0.29, 0.717) is 0 Å². The van der Waals surface area contributed by atoms with Crippen molar-refractivity contribution in [1.82, 2.24) is 5.32 Å². The SMILES string of the molecule is CCCC1C(NC)CC(C)C1C. The third-order valence-corrected chi connectivity index (χ3v) is 3.71. The summed E-state index contributed by atoms with van der Waals surface area (Å²) in [5.74, 6) is 2.76. The smallest absolute Gasteiger partial charge is 0.00976 e. The first-order valence-electron chi connectivity index (χ1n) is 5.38. The third kappa shape index (κ3) is 1.82. The lowest BCUT2D eigenvalue weighted by molar-refractivity contribution is 0.308. The molecule has 1 N–H and O–H groups in total. The molecular weight excluding hydrogens is 146 g/mol. The van der Waals surface area contributed by atoms with Gasteiger partial charge in [-0.2, -0.15) is 0 Å². The van der Waals surface area contributed by atoms with Crippen molar-refractivity contribution in [2.75, 3.05) is 7.05 Å². The number of rotatable bonds is 3. The average Bonchev–Trinajstić information content (AvgIpc) is 2.33. The van der Waals surface area contributed by atoms with Gasteiger partial charge in [-0.3, -0.25) is 0 Å². The van der Waals surface area contributed by atoms with Crippen LogP contribution in [0.5, 0.6) is 0 Å². The summed E-state index contributed by atoms with van der Waals surface area (Å²) in [7, 11) is 2.11. The zero-order chi connectivity index (χ0) is 9.14. The fraction of sp³-hybridized carbons (Fsp3) is 1.00. The fourth-order valence-electron chi connectivity index (χ4n) is 2.71. The van der Waals surface area contributed by atoms with Gasteiger partial charge in [0.2, 0.25) is 0 Å². The molecule has 0 spiro atoms. The van der Waals surface area contributed by atoms with E-state index in [1.165, 1.54) is 19.3 Å². The average molecular weight is 169 g/mol. The van der Waals surface area contributed by atoms with Gasteiger partial charge in [0.05, 0.1) is 0 Å². The molecular formula is C11H23N. The first kappa shape index (κ1) is 10.0. The minimum Gasteiger partial charge on any atom is -0.317 e. The Morgan fingerprint density at radius 1 is 1.33 bits per heavy atom. The van der Waals surface area contributed by atoms with Gasteiger partial charge in [0.1, 0.15) is 0 Å². The molecule has 72 valence electrons. The Kier molecular flexibility index (Phi) is 3.57. The molecule has 1 rings (SSSR count). The Labute approximate surface area is 76.9 Å². The molecule has 1 aliphatic rings. The maximum atomic E-state index is 3.46. The summed E-state index contributed by atoms with van der Waals surface area (Å²) in [4.78, 5) is 0. The molecule has 1 saturated carbocycles. The van der Waals surface area contributed by atoms with E-state index < -0.39 is 0 Å². The highest BCUT2D eigenvalue weighted by Crippen LogP contribution is 2.38. The highest BCUT2D eigenvalue weighted by atomic mass is 14.9. The van der Waals surface area contributed by atoms with Gasteiger partial charge in [-0.25, -0.2) is 0 Å². The predicted octanol–water partition coefficient (Wildman–Crippen LogP) is 2.67. The molecule has 0 aromatic rings. The van der Waals surface area contributed by atoms with Crippen molar-refractivity contribution >= 4 is 0 Å². The van der Waals surface area contributed by atoms with E-state index in [0.717, 1.165) is 23.8 Å². The highest BCUT2D eigenvalue weighted by molar-refractivity contribution is 4.90. The number of hydrogen-bond acceptors (Lipinski definition) is 1. The second kappa shape index (κ2) is 4.27. The number of hydrogen-bond donors (Lipinski definition) is 1. The molecule has 1 nitrogen and oxygen atoms in total. The van der Waals surface area contributed by atoms with Crippen LogP contribution in [-0.4, -0.2) is 13.1 Å². The van der Waals surface area contributed by atoms with Crippen molar-refractivity contribution in [1.29, 1.82) is 0 Å². The fourth-order valence-corrected chi connectivity index (χ4v) is 2.71. The van der Waals surface area contributed by atoms with E-state index in [1.54, 1.807) is 0 Å². The molecule has 0 heterocycles. The van der Waals surface area contributed by atoms with Crippen molar-refractivity contribution in [2.24, 2.45) is 17.8 Å². The van der Waals surface area contributed by atoms with Crippen LogP contribution in [0, 0.1) is 17.8 Å². The Morgan fingerprint density at radius 2 is 2.00 bits per heavy atom. The first-order valence-corrected chi connectivity index (χ1v) is 5.38. The topological polar surface area (TPSA) is 12.0 Å². The molecule has 1 heteroatoms. The van der Waals surface area contributed by atoms with Crippen molar-refractivity contribution in [3.05, 3.63) is 0 Å². The summed E-state index contributed by atoms with van der Waals surface area (Å²) >= 11 is 0. The van der Waals surface area contributed by atoms with Crippen LogP contribution < -0.4 is 5.32 Å². The second-order valence-corrected chi connectivity index (χ2v) is 4.42. The normalized spacial score (nSPS) is 42.0. The van der Waals surface area contributed by atoms with Crippen molar-refractivity contribution in [2.45, 2.75) is 46.1 Å². The van der Waals surface area contributed by atoms with Gasteiger partial charge in [-0.1, -0.05) is 27.2 Å². The molecule has 0 radical (unpaired) electrons. The predicted molar refractivity (Wildman–Crippen MR) is 54.2 cm³/mol. The monoisotopic (exact) mass is 169 g/mol. The quantitative estimate of drug-likeness (QED) is 0.685. The molecule has 0 aliphatic heterocycles. The molecule has 1 aliphatic carbocycles. The zero-order valence-corrected chi connectivity index (χ0v) is 8.93. The van der Waals surface area contributed by atoms with Crippen LogP contribution in [0.15, 0.2) is 0 Å². The Hall–Kier alpha value is -0.0400. The lowest BCUT2D eigenvalue weighted by Crippen LogP contribution is -2.30. The van der Waals surface area contributed by atoms with Crippen molar-refractivity contribution in [3.63, 3.8) is 0 Å². The lowest BCUT2D eigenvalue weighted by atomic mass is 9.88.